The van der Waals surface area contributed by atoms with Crippen LogP contribution in [-0.4, -0.2) is 41.6 Å². The first kappa shape index (κ1) is 14.4. The largest absolute Gasteiger partial charge is 0.462 e. The van der Waals surface area contributed by atoms with E-state index in [4.69, 9.17) is 4.74 Å². The highest BCUT2D eigenvalue weighted by Gasteiger charge is 2.22. The third kappa shape index (κ3) is 3.12. The van der Waals surface area contributed by atoms with Crippen LogP contribution >= 0.6 is 0 Å². The van der Waals surface area contributed by atoms with Crippen molar-refractivity contribution in [1.82, 2.24) is 9.88 Å². The summed E-state index contributed by atoms with van der Waals surface area (Å²) in [6, 6.07) is -0.158. The number of ether oxygens (including phenoxy) is 1. The van der Waals surface area contributed by atoms with Crippen LogP contribution in [-0.2, 0) is 4.74 Å². The van der Waals surface area contributed by atoms with Crippen LogP contribution < -0.4 is 5.32 Å². The second kappa shape index (κ2) is 6.45. The van der Waals surface area contributed by atoms with Gasteiger partial charge in [0, 0.05) is 25.0 Å². The van der Waals surface area contributed by atoms with Gasteiger partial charge in [-0.25, -0.2) is 9.59 Å². The molecule has 1 aliphatic heterocycles. The minimum absolute atomic E-state index is 0.158. The number of likely N-dealkylation sites (tertiary alicyclic amines) is 1. The van der Waals surface area contributed by atoms with Gasteiger partial charge in [0.2, 0.25) is 0 Å². The third-order valence-electron chi connectivity index (χ3n) is 3.44. The summed E-state index contributed by atoms with van der Waals surface area (Å²) in [5.74, 6) is -0.416. The summed E-state index contributed by atoms with van der Waals surface area (Å²) in [6.45, 7) is 5.38. The van der Waals surface area contributed by atoms with Crippen molar-refractivity contribution < 1.29 is 14.3 Å². The molecule has 1 aliphatic rings. The van der Waals surface area contributed by atoms with Crippen molar-refractivity contribution in [3.8, 4) is 0 Å². The molecule has 6 nitrogen and oxygen atoms in total. The van der Waals surface area contributed by atoms with E-state index in [0.29, 0.717) is 23.6 Å². The van der Waals surface area contributed by atoms with E-state index >= 15 is 0 Å². The number of aromatic amines is 1. The van der Waals surface area contributed by atoms with Crippen LogP contribution in [0.5, 0.6) is 0 Å². The minimum atomic E-state index is -0.416. The van der Waals surface area contributed by atoms with Gasteiger partial charge in [-0.15, -0.1) is 0 Å². The highest BCUT2D eigenvalue weighted by molar-refractivity contribution is 6.01. The standard InChI is InChI=1S/C14H21N3O3/c1-3-20-13(18)12-10(2)15-9-11(12)16-14(19)17-7-5-4-6-8-17/h9,15H,3-8H2,1-2H3,(H,16,19). The molecule has 0 unspecified atom stereocenters. The third-order valence-corrected chi connectivity index (χ3v) is 3.44. The number of aryl methyl sites for hydroxylation is 1. The molecule has 0 spiro atoms. The van der Waals surface area contributed by atoms with E-state index in [1.54, 1.807) is 24.9 Å². The molecule has 110 valence electrons. The van der Waals surface area contributed by atoms with Crippen molar-refractivity contribution in [3.05, 3.63) is 17.5 Å². The SMILES string of the molecule is CCOC(=O)c1c(NC(=O)N2CCCCC2)c[nH]c1C. The molecule has 2 amide bonds. The second-order valence-corrected chi connectivity index (χ2v) is 4.90. The van der Waals surface area contributed by atoms with E-state index in [2.05, 4.69) is 10.3 Å². The molecule has 0 saturated carbocycles. The predicted molar refractivity (Wildman–Crippen MR) is 75.9 cm³/mol. The van der Waals surface area contributed by atoms with Gasteiger partial charge >= 0.3 is 12.0 Å². The number of anilines is 1. The Morgan fingerprint density at radius 2 is 2.05 bits per heavy atom. The average molecular weight is 279 g/mol. The van der Waals surface area contributed by atoms with E-state index in [-0.39, 0.29) is 6.03 Å². The number of nitrogens with one attached hydrogen (secondary N) is 2. The Kier molecular flexibility index (Phi) is 4.65. The summed E-state index contributed by atoms with van der Waals surface area (Å²) in [4.78, 5) is 28.8. The molecule has 0 bridgehead atoms. The van der Waals surface area contributed by atoms with E-state index < -0.39 is 5.97 Å². The molecule has 1 fully saturated rings. The number of hydrogen-bond donors (Lipinski definition) is 2. The fourth-order valence-corrected chi connectivity index (χ4v) is 2.38. The van der Waals surface area contributed by atoms with Crippen LogP contribution in [0, 0.1) is 6.92 Å². The molecule has 1 aromatic rings. The van der Waals surface area contributed by atoms with Gasteiger partial charge in [-0.3, -0.25) is 0 Å². The Balaban J connectivity index is 2.09. The van der Waals surface area contributed by atoms with Gasteiger partial charge in [0.1, 0.15) is 5.56 Å². The molecule has 1 aromatic heterocycles. The van der Waals surface area contributed by atoms with E-state index in [1.165, 1.54) is 6.42 Å². The lowest BCUT2D eigenvalue weighted by atomic mass is 10.1. The van der Waals surface area contributed by atoms with Crippen molar-refractivity contribution >= 4 is 17.7 Å². The molecule has 2 rings (SSSR count). The Morgan fingerprint density at radius 1 is 1.35 bits per heavy atom. The monoisotopic (exact) mass is 279 g/mol. The van der Waals surface area contributed by atoms with Crippen LogP contribution in [0.15, 0.2) is 6.20 Å². The average Bonchev–Trinajstić information content (AvgIpc) is 2.81. The molecule has 2 N–H and O–H groups in total. The zero-order valence-electron chi connectivity index (χ0n) is 12.0. The first-order valence-corrected chi connectivity index (χ1v) is 7.04. The summed E-state index contributed by atoms with van der Waals surface area (Å²) < 4.78 is 5.01. The number of aromatic nitrogens is 1. The number of piperidine rings is 1. The number of carbonyl (C=O) groups is 2. The van der Waals surface area contributed by atoms with Crippen molar-refractivity contribution in [1.29, 1.82) is 0 Å². The first-order chi connectivity index (χ1) is 9.63. The number of urea groups is 1. The van der Waals surface area contributed by atoms with Crippen LogP contribution in [0.4, 0.5) is 10.5 Å². The highest BCUT2D eigenvalue weighted by atomic mass is 16.5. The van der Waals surface area contributed by atoms with Gasteiger partial charge in [0.25, 0.3) is 0 Å². The molecule has 1 saturated heterocycles. The predicted octanol–water partition coefficient (Wildman–Crippen LogP) is 2.52. The number of H-pyrrole nitrogens is 1. The minimum Gasteiger partial charge on any atom is -0.462 e. The van der Waals surface area contributed by atoms with Crippen molar-refractivity contribution in [3.63, 3.8) is 0 Å². The topological polar surface area (TPSA) is 74.4 Å². The maximum absolute atomic E-state index is 12.2. The molecule has 2 heterocycles. The Bertz CT molecular complexity index is 490. The number of rotatable bonds is 3. The lowest BCUT2D eigenvalue weighted by Crippen LogP contribution is -2.38. The summed E-state index contributed by atoms with van der Waals surface area (Å²) in [5.41, 5.74) is 1.58. The molecule has 6 heteroatoms. The van der Waals surface area contributed by atoms with E-state index in [0.717, 1.165) is 25.9 Å². The quantitative estimate of drug-likeness (QED) is 0.835. The zero-order chi connectivity index (χ0) is 14.5. The molecule has 0 aliphatic carbocycles. The second-order valence-electron chi connectivity index (χ2n) is 4.90. The maximum atomic E-state index is 12.2. The van der Waals surface area contributed by atoms with Crippen molar-refractivity contribution in [2.24, 2.45) is 0 Å². The number of nitrogens with zero attached hydrogens (tertiary/aromatic N) is 1. The Hall–Kier alpha value is -1.98. The van der Waals surface area contributed by atoms with Gasteiger partial charge in [0.15, 0.2) is 0 Å². The van der Waals surface area contributed by atoms with Gasteiger partial charge in [-0.2, -0.15) is 0 Å². The Morgan fingerprint density at radius 3 is 2.70 bits per heavy atom. The summed E-state index contributed by atoms with van der Waals surface area (Å²) in [5, 5.41) is 2.80. The lowest BCUT2D eigenvalue weighted by molar-refractivity contribution is 0.0527. The van der Waals surface area contributed by atoms with Crippen molar-refractivity contribution in [2.45, 2.75) is 33.1 Å². The molecule has 0 aromatic carbocycles. The molecular formula is C14H21N3O3. The molecule has 20 heavy (non-hydrogen) atoms. The number of esters is 1. The maximum Gasteiger partial charge on any atom is 0.342 e. The molecular weight excluding hydrogens is 258 g/mol. The van der Waals surface area contributed by atoms with Crippen LogP contribution in [0.3, 0.4) is 0 Å². The number of hydrogen-bond acceptors (Lipinski definition) is 3. The summed E-state index contributed by atoms with van der Waals surface area (Å²) in [6.07, 6.45) is 4.86. The molecule has 0 radical (unpaired) electrons. The zero-order valence-corrected chi connectivity index (χ0v) is 12.0. The van der Waals surface area contributed by atoms with Gasteiger partial charge < -0.3 is 19.9 Å². The van der Waals surface area contributed by atoms with Crippen LogP contribution in [0.1, 0.15) is 42.2 Å². The number of amides is 2. The first-order valence-electron chi connectivity index (χ1n) is 7.04. The van der Waals surface area contributed by atoms with Gasteiger partial charge in [-0.05, 0) is 33.1 Å². The summed E-state index contributed by atoms with van der Waals surface area (Å²) in [7, 11) is 0. The van der Waals surface area contributed by atoms with Crippen LogP contribution in [0.2, 0.25) is 0 Å². The van der Waals surface area contributed by atoms with Crippen LogP contribution in [0.25, 0.3) is 0 Å². The van der Waals surface area contributed by atoms with Gasteiger partial charge in [-0.1, -0.05) is 0 Å². The number of carbonyl (C=O) groups excluding carboxylic acids is 2. The Labute approximate surface area is 118 Å². The highest BCUT2D eigenvalue weighted by Crippen LogP contribution is 2.21. The van der Waals surface area contributed by atoms with E-state index in [9.17, 15) is 9.59 Å². The smallest absolute Gasteiger partial charge is 0.342 e. The molecule has 0 atom stereocenters. The van der Waals surface area contributed by atoms with Gasteiger partial charge in [0.05, 0.1) is 12.3 Å². The lowest BCUT2D eigenvalue weighted by Gasteiger charge is -2.26. The fourth-order valence-electron chi connectivity index (χ4n) is 2.38. The van der Waals surface area contributed by atoms with Crippen molar-refractivity contribution in [2.75, 3.05) is 25.0 Å². The normalized spacial score (nSPS) is 15.0. The fraction of sp³-hybridized carbons (Fsp3) is 0.571. The van der Waals surface area contributed by atoms with E-state index in [1.807, 2.05) is 0 Å². The summed E-state index contributed by atoms with van der Waals surface area (Å²) >= 11 is 0.